The van der Waals surface area contributed by atoms with Crippen LogP contribution in [0.3, 0.4) is 0 Å². The van der Waals surface area contributed by atoms with Gasteiger partial charge in [-0.25, -0.2) is 4.39 Å². The highest BCUT2D eigenvalue weighted by Crippen LogP contribution is 2.24. The summed E-state index contributed by atoms with van der Waals surface area (Å²) >= 11 is 0. The predicted octanol–water partition coefficient (Wildman–Crippen LogP) is 3.22. The minimum absolute atomic E-state index is 0.174. The van der Waals surface area contributed by atoms with Crippen molar-refractivity contribution in [2.24, 2.45) is 0 Å². The standard InChI is InChI=1S/C18H20FN5O/c1-12(16-10-9-15(25-3)11-17(16)19)20-13(2)18-21-22-23-24(18)14-7-5-4-6-8-14/h4-13,20H,1-3H3. The van der Waals surface area contributed by atoms with Crippen molar-refractivity contribution < 1.29 is 9.13 Å². The molecule has 2 unspecified atom stereocenters. The number of methoxy groups -OCH3 is 1. The molecular weight excluding hydrogens is 321 g/mol. The van der Waals surface area contributed by atoms with Crippen LogP contribution in [0.4, 0.5) is 4.39 Å². The Morgan fingerprint density at radius 1 is 1.08 bits per heavy atom. The van der Waals surface area contributed by atoms with E-state index in [0.717, 1.165) is 5.69 Å². The molecule has 2 atom stereocenters. The second-order valence-corrected chi connectivity index (χ2v) is 5.78. The Morgan fingerprint density at radius 3 is 2.52 bits per heavy atom. The topological polar surface area (TPSA) is 64.9 Å². The summed E-state index contributed by atoms with van der Waals surface area (Å²) < 4.78 is 21.0. The number of halogens is 1. The number of nitrogens with one attached hydrogen (secondary N) is 1. The zero-order valence-electron chi connectivity index (χ0n) is 14.3. The molecule has 7 heteroatoms. The van der Waals surface area contributed by atoms with Gasteiger partial charge in [0.2, 0.25) is 0 Å². The van der Waals surface area contributed by atoms with Gasteiger partial charge in [-0.1, -0.05) is 24.3 Å². The van der Waals surface area contributed by atoms with Crippen molar-refractivity contribution in [3.05, 3.63) is 65.7 Å². The van der Waals surface area contributed by atoms with Crippen molar-refractivity contribution in [2.75, 3.05) is 7.11 Å². The highest BCUT2D eigenvalue weighted by Gasteiger charge is 2.20. The number of benzene rings is 2. The molecule has 1 aromatic heterocycles. The lowest BCUT2D eigenvalue weighted by atomic mass is 10.1. The predicted molar refractivity (Wildman–Crippen MR) is 92.1 cm³/mol. The molecule has 0 radical (unpaired) electrons. The van der Waals surface area contributed by atoms with E-state index < -0.39 is 0 Å². The maximum atomic E-state index is 14.3. The minimum Gasteiger partial charge on any atom is -0.497 e. The van der Waals surface area contributed by atoms with Gasteiger partial charge < -0.3 is 10.1 Å². The monoisotopic (exact) mass is 341 g/mol. The SMILES string of the molecule is COc1ccc(C(C)NC(C)c2nnnn2-c2ccccc2)c(F)c1. The Kier molecular flexibility index (Phi) is 5.04. The van der Waals surface area contributed by atoms with Crippen LogP contribution in [0.1, 0.15) is 37.3 Å². The maximum Gasteiger partial charge on any atom is 0.173 e. The van der Waals surface area contributed by atoms with Crippen molar-refractivity contribution in [1.29, 1.82) is 0 Å². The molecule has 1 N–H and O–H groups in total. The Balaban J connectivity index is 1.79. The molecule has 25 heavy (non-hydrogen) atoms. The summed E-state index contributed by atoms with van der Waals surface area (Å²) in [6.45, 7) is 3.85. The molecule has 2 aromatic carbocycles. The molecule has 130 valence electrons. The van der Waals surface area contributed by atoms with Gasteiger partial charge in [0.15, 0.2) is 5.82 Å². The van der Waals surface area contributed by atoms with E-state index in [1.165, 1.54) is 13.2 Å². The van der Waals surface area contributed by atoms with Crippen LogP contribution in [0.25, 0.3) is 5.69 Å². The van der Waals surface area contributed by atoms with Gasteiger partial charge in [-0.3, -0.25) is 0 Å². The molecule has 0 aliphatic heterocycles. The van der Waals surface area contributed by atoms with Crippen LogP contribution in [0.2, 0.25) is 0 Å². The second kappa shape index (κ2) is 7.40. The van der Waals surface area contributed by atoms with Crippen molar-refractivity contribution in [3.8, 4) is 11.4 Å². The van der Waals surface area contributed by atoms with Gasteiger partial charge in [-0.2, -0.15) is 4.68 Å². The quantitative estimate of drug-likeness (QED) is 0.746. The molecule has 6 nitrogen and oxygen atoms in total. The lowest BCUT2D eigenvalue weighted by Crippen LogP contribution is -2.25. The maximum absolute atomic E-state index is 14.3. The largest absolute Gasteiger partial charge is 0.497 e. The average Bonchev–Trinajstić information content (AvgIpc) is 3.12. The third-order valence-electron chi connectivity index (χ3n) is 4.06. The number of tetrazole rings is 1. The van der Waals surface area contributed by atoms with Gasteiger partial charge >= 0.3 is 0 Å². The first kappa shape index (κ1) is 17.0. The Bertz CT molecular complexity index is 836. The smallest absolute Gasteiger partial charge is 0.173 e. The highest BCUT2D eigenvalue weighted by molar-refractivity contribution is 5.32. The van der Waals surface area contributed by atoms with Crippen molar-refractivity contribution in [1.82, 2.24) is 25.5 Å². The summed E-state index contributed by atoms with van der Waals surface area (Å²) in [5.74, 6) is 0.843. The third kappa shape index (κ3) is 3.66. The fourth-order valence-corrected chi connectivity index (χ4v) is 2.74. The number of nitrogens with zero attached hydrogens (tertiary/aromatic N) is 4. The molecule has 3 aromatic rings. The van der Waals surface area contributed by atoms with Crippen molar-refractivity contribution >= 4 is 0 Å². The molecule has 3 rings (SSSR count). The number of ether oxygens (including phenoxy) is 1. The van der Waals surface area contributed by atoms with Gasteiger partial charge in [-0.15, -0.1) is 5.10 Å². The van der Waals surface area contributed by atoms with Crippen LogP contribution >= 0.6 is 0 Å². The van der Waals surface area contributed by atoms with E-state index in [0.29, 0.717) is 17.1 Å². The van der Waals surface area contributed by atoms with E-state index in [1.54, 1.807) is 16.8 Å². The van der Waals surface area contributed by atoms with Gasteiger partial charge in [0.25, 0.3) is 0 Å². The molecule has 0 aliphatic carbocycles. The summed E-state index contributed by atoms with van der Waals surface area (Å²) in [5.41, 5.74) is 1.44. The van der Waals surface area contributed by atoms with Gasteiger partial charge in [-0.05, 0) is 42.5 Å². The highest BCUT2D eigenvalue weighted by atomic mass is 19.1. The van der Waals surface area contributed by atoms with Crippen LogP contribution in [0.5, 0.6) is 5.75 Å². The summed E-state index contributed by atoms with van der Waals surface area (Å²) in [6, 6.07) is 14.1. The number of hydrogen-bond donors (Lipinski definition) is 1. The second-order valence-electron chi connectivity index (χ2n) is 5.78. The molecule has 0 aliphatic rings. The Morgan fingerprint density at radius 2 is 1.84 bits per heavy atom. The molecule has 1 heterocycles. The molecule has 0 saturated carbocycles. The van der Waals surface area contributed by atoms with Crippen LogP contribution in [-0.4, -0.2) is 27.3 Å². The van der Waals surface area contributed by atoms with E-state index in [1.807, 2.05) is 44.2 Å². The Hall–Kier alpha value is -2.80. The first-order valence-electron chi connectivity index (χ1n) is 8.03. The summed E-state index contributed by atoms with van der Waals surface area (Å²) in [7, 11) is 1.52. The lowest BCUT2D eigenvalue weighted by Gasteiger charge is -2.20. The van der Waals surface area contributed by atoms with E-state index >= 15 is 0 Å². The average molecular weight is 341 g/mol. The fourth-order valence-electron chi connectivity index (χ4n) is 2.74. The molecular formula is C18H20FN5O. The van der Waals surface area contributed by atoms with Crippen LogP contribution in [-0.2, 0) is 0 Å². The number of rotatable bonds is 6. The lowest BCUT2D eigenvalue weighted by molar-refractivity contribution is 0.407. The minimum atomic E-state index is -0.311. The number of hydrogen-bond acceptors (Lipinski definition) is 5. The summed E-state index contributed by atoms with van der Waals surface area (Å²) in [4.78, 5) is 0. The molecule has 0 saturated heterocycles. The molecule has 0 amide bonds. The number of aromatic nitrogens is 4. The van der Waals surface area contributed by atoms with Crippen LogP contribution in [0.15, 0.2) is 48.5 Å². The molecule has 0 bridgehead atoms. The molecule has 0 spiro atoms. The van der Waals surface area contributed by atoms with E-state index in [9.17, 15) is 4.39 Å². The summed E-state index contributed by atoms with van der Waals surface area (Å²) in [5, 5.41) is 15.3. The van der Waals surface area contributed by atoms with Gasteiger partial charge in [0, 0.05) is 17.7 Å². The third-order valence-corrected chi connectivity index (χ3v) is 4.06. The summed E-state index contributed by atoms with van der Waals surface area (Å²) in [6.07, 6.45) is 0. The van der Waals surface area contributed by atoms with Crippen LogP contribution < -0.4 is 10.1 Å². The van der Waals surface area contributed by atoms with Crippen molar-refractivity contribution in [2.45, 2.75) is 25.9 Å². The van der Waals surface area contributed by atoms with Crippen LogP contribution in [0, 0.1) is 5.82 Å². The first-order chi connectivity index (χ1) is 12.1. The number of para-hydroxylation sites is 1. The van der Waals surface area contributed by atoms with Gasteiger partial charge in [0.1, 0.15) is 11.6 Å². The van der Waals surface area contributed by atoms with E-state index in [-0.39, 0.29) is 17.9 Å². The molecule has 0 fully saturated rings. The van der Waals surface area contributed by atoms with E-state index in [2.05, 4.69) is 20.8 Å². The fraction of sp³-hybridized carbons (Fsp3) is 0.278. The van der Waals surface area contributed by atoms with Crippen molar-refractivity contribution in [3.63, 3.8) is 0 Å². The zero-order valence-corrected chi connectivity index (χ0v) is 14.3. The van der Waals surface area contributed by atoms with E-state index in [4.69, 9.17) is 4.74 Å². The van der Waals surface area contributed by atoms with Gasteiger partial charge in [0.05, 0.1) is 18.8 Å². The zero-order chi connectivity index (χ0) is 17.8. The first-order valence-corrected chi connectivity index (χ1v) is 8.03. The Labute approximate surface area is 145 Å². The normalized spacial score (nSPS) is 13.4.